The van der Waals surface area contributed by atoms with Gasteiger partial charge >= 0.3 is 0 Å². The van der Waals surface area contributed by atoms with Crippen LogP contribution < -0.4 is 4.74 Å². The van der Waals surface area contributed by atoms with E-state index in [2.05, 4.69) is 12.1 Å². The van der Waals surface area contributed by atoms with Gasteiger partial charge in [0.2, 0.25) is 0 Å². The van der Waals surface area contributed by atoms with E-state index in [4.69, 9.17) is 16.3 Å². The number of hydrogen-bond acceptors (Lipinski definition) is 1. The maximum absolute atomic E-state index is 6.05. The smallest absolute Gasteiger partial charge is 0.138 e. The van der Waals surface area contributed by atoms with Crippen molar-refractivity contribution >= 4 is 11.6 Å². The molecule has 0 aliphatic carbocycles. The molecule has 2 rings (SSSR count). The Kier molecular flexibility index (Phi) is 4.05. The van der Waals surface area contributed by atoms with Crippen molar-refractivity contribution in [2.45, 2.75) is 13.3 Å². The minimum Gasteiger partial charge on any atom is -0.492 e. The van der Waals surface area contributed by atoms with Gasteiger partial charge in [-0.2, -0.15) is 0 Å². The van der Waals surface area contributed by atoms with Crippen molar-refractivity contribution in [1.29, 1.82) is 0 Å². The first-order valence-electron chi connectivity index (χ1n) is 5.68. The van der Waals surface area contributed by atoms with E-state index in [-0.39, 0.29) is 0 Å². The normalized spacial score (nSPS) is 10.2. The monoisotopic (exact) mass is 246 g/mol. The number of ether oxygens (including phenoxy) is 1. The van der Waals surface area contributed by atoms with Crippen LogP contribution in [0.2, 0.25) is 5.02 Å². The Morgan fingerprint density at radius 3 is 2.59 bits per heavy atom. The van der Waals surface area contributed by atoms with Crippen LogP contribution in [0, 0.1) is 6.92 Å². The molecule has 0 bridgehead atoms. The molecule has 0 spiro atoms. The topological polar surface area (TPSA) is 9.23 Å². The number of aryl methyl sites for hydroxylation is 1. The maximum Gasteiger partial charge on any atom is 0.138 e. The summed E-state index contributed by atoms with van der Waals surface area (Å²) in [6, 6.07) is 16.1. The SMILES string of the molecule is Cc1ccc(Cl)c(OCCc2ccccc2)c1. The Hall–Kier alpha value is -1.47. The van der Waals surface area contributed by atoms with Crippen LogP contribution >= 0.6 is 11.6 Å². The lowest BCUT2D eigenvalue weighted by atomic mass is 10.2. The molecule has 0 N–H and O–H groups in total. The summed E-state index contributed by atoms with van der Waals surface area (Å²) in [6.45, 7) is 2.67. The van der Waals surface area contributed by atoms with Crippen LogP contribution in [0.3, 0.4) is 0 Å². The summed E-state index contributed by atoms with van der Waals surface area (Å²) >= 11 is 6.05. The van der Waals surface area contributed by atoms with Crippen LogP contribution in [-0.4, -0.2) is 6.61 Å². The summed E-state index contributed by atoms with van der Waals surface area (Å²) in [5.41, 5.74) is 2.43. The van der Waals surface area contributed by atoms with Crippen molar-refractivity contribution in [2.75, 3.05) is 6.61 Å². The van der Waals surface area contributed by atoms with Gasteiger partial charge in [0.15, 0.2) is 0 Å². The Labute approximate surface area is 107 Å². The minimum atomic E-state index is 0.646. The van der Waals surface area contributed by atoms with E-state index in [1.807, 2.05) is 43.3 Å². The molecule has 0 unspecified atom stereocenters. The van der Waals surface area contributed by atoms with E-state index in [1.54, 1.807) is 0 Å². The third-order valence-corrected chi connectivity index (χ3v) is 2.89. The zero-order valence-corrected chi connectivity index (χ0v) is 10.6. The van der Waals surface area contributed by atoms with E-state index in [1.165, 1.54) is 5.56 Å². The zero-order chi connectivity index (χ0) is 12.1. The van der Waals surface area contributed by atoms with Crippen LogP contribution in [-0.2, 0) is 6.42 Å². The van der Waals surface area contributed by atoms with Crippen LogP contribution in [0.15, 0.2) is 48.5 Å². The first-order chi connectivity index (χ1) is 8.25. The number of halogens is 1. The second-order valence-corrected chi connectivity index (χ2v) is 4.43. The molecule has 2 heteroatoms. The molecule has 2 aromatic rings. The van der Waals surface area contributed by atoms with Crippen LogP contribution in [0.5, 0.6) is 5.75 Å². The fourth-order valence-corrected chi connectivity index (χ4v) is 1.82. The van der Waals surface area contributed by atoms with Gasteiger partial charge in [-0.3, -0.25) is 0 Å². The summed E-state index contributed by atoms with van der Waals surface area (Å²) in [6.07, 6.45) is 0.894. The number of rotatable bonds is 4. The summed E-state index contributed by atoms with van der Waals surface area (Å²) in [5.74, 6) is 0.766. The molecule has 0 saturated heterocycles. The molecule has 0 heterocycles. The van der Waals surface area contributed by atoms with Gasteiger partial charge in [0.25, 0.3) is 0 Å². The van der Waals surface area contributed by atoms with E-state index < -0.39 is 0 Å². The van der Waals surface area contributed by atoms with Crippen molar-refractivity contribution in [3.63, 3.8) is 0 Å². The van der Waals surface area contributed by atoms with E-state index >= 15 is 0 Å². The summed E-state index contributed by atoms with van der Waals surface area (Å²) in [5, 5.41) is 0.670. The Balaban J connectivity index is 1.92. The van der Waals surface area contributed by atoms with Gasteiger partial charge in [0, 0.05) is 6.42 Å². The van der Waals surface area contributed by atoms with Gasteiger partial charge < -0.3 is 4.74 Å². The van der Waals surface area contributed by atoms with E-state index in [0.29, 0.717) is 11.6 Å². The van der Waals surface area contributed by atoms with Crippen molar-refractivity contribution in [1.82, 2.24) is 0 Å². The van der Waals surface area contributed by atoms with Gasteiger partial charge in [-0.15, -0.1) is 0 Å². The Morgan fingerprint density at radius 1 is 1.06 bits per heavy atom. The largest absolute Gasteiger partial charge is 0.492 e. The van der Waals surface area contributed by atoms with E-state index in [0.717, 1.165) is 17.7 Å². The maximum atomic E-state index is 6.05. The number of benzene rings is 2. The zero-order valence-electron chi connectivity index (χ0n) is 9.82. The van der Waals surface area contributed by atoms with Crippen LogP contribution in [0.4, 0.5) is 0 Å². The van der Waals surface area contributed by atoms with E-state index in [9.17, 15) is 0 Å². The summed E-state index contributed by atoms with van der Waals surface area (Å²) in [7, 11) is 0. The molecule has 0 aliphatic rings. The first-order valence-corrected chi connectivity index (χ1v) is 6.06. The quantitative estimate of drug-likeness (QED) is 0.783. The average Bonchev–Trinajstić information content (AvgIpc) is 2.35. The second kappa shape index (κ2) is 5.74. The minimum absolute atomic E-state index is 0.646. The molecule has 0 amide bonds. The molecule has 88 valence electrons. The highest BCUT2D eigenvalue weighted by Crippen LogP contribution is 2.25. The van der Waals surface area contributed by atoms with Crippen molar-refractivity contribution in [2.24, 2.45) is 0 Å². The lowest BCUT2D eigenvalue weighted by Crippen LogP contribution is -2.01. The van der Waals surface area contributed by atoms with Crippen LogP contribution in [0.25, 0.3) is 0 Å². The summed E-state index contributed by atoms with van der Waals surface area (Å²) < 4.78 is 5.69. The average molecular weight is 247 g/mol. The molecule has 0 fully saturated rings. The highest BCUT2D eigenvalue weighted by molar-refractivity contribution is 6.32. The van der Waals surface area contributed by atoms with Gasteiger partial charge in [0.05, 0.1) is 11.6 Å². The predicted molar refractivity (Wildman–Crippen MR) is 71.8 cm³/mol. The molecule has 0 aromatic heterocycles. The first kappa shape index (κ1) is 12.0. The lowest BCUT2D eigenvalue weighted by molar-refractivity contribution is 0.322. The lowest BCUT2D eigenvalue weighted by Gasteiger charge is -2.08. The Morgan fingerprint density at radius 2 is 1.82 bits per heavy atom. The second-order valence-electron chi connectivity index (χ2n) is 4.02. The van der Waals surface area contributed by atoms with Gasteiger partial charge in [0.1, 0.15) is 5.75 Å². The highest BCUT2D eigenvalue weighted by atomic mass is 35.5. The summed E-state index contributed by atoms with van der Waals surface area (Å²) in [4.78, 5) is 0. The van der Waals surface area contributed by atoms with Crippen molar-refractivity contribution < 1.29 is 4.74 Å². The molecule has 17 heavy (non-hydrogen) atoms. The molecule has 2 aromatic carbocycles. The molecular formula is C15H15ClO. The molecule has 0 aliphatic heterocycles. The number of hydrogen-bond donors (Lipinski definition) is 0. The predicted octanol–water partition coefficient (Wildman–Crippen LogP) is 4.27. The molecule has 0 atom stereocenters. The van der Waals surface area contributed by atoms with Gasteiger partial charge in [-0.25, -0.2) is 0 Å². The third kappa shape index (κ3) is 3.50. The van der Waals surface area contributed by atoms with Crippen molar-refractivity contribution in [3.8, 4) is 5.75 Å². The standard InChI is InChI=1S/C15H15ClO/c1-12-7-8-14(16)15(11-12)17-10-9-13-5-3-2-4-6-13/h2-8,11H,9-10H2,1H3. The van der Waals surface area contributed by atoms with Crippen LogP contribution in [0.1, 0.15) is 11.1 Å². The molecule has 1 nitrogen and oxygen atoms in total. The molecule has 0 saturated carbocycles. The Bertz CT molecular complexity index is 480. The third-order valence-electron chi connectivity index (χ3n) is 2.58. The molecular weight excluding hydrogens is 232 g/mol. The van der Waals surface area contributed by atoms with Crippen molar-refractivity contribution in [3.05, 3.63) is 64.7 Å². The van der Waals surface area contributed by atoms with Gasteiger partial charge in [-0.1, -0.05) is 48.0 Å². The van der Waals surface area contributed by atoms with Gasteiger partial charge in [-0.05, 0) is 30.2 Å². The fraction of sp³-hybridized carbons (Fsp3) is 0.200. The highest BCUT2D eigenvalue weighted by Gasteiger charge is 2.01. The fourth-order valence-electron chi connectivity index (χ4n) is 1.64. The molecule has 0 radical (unpaired) electrons.